The summed E-state index contributed by atoms with van der Waals surface area (Å²) in [6.07, 6.45) is -5.06. The third-order valence-electron chi connectivity index (χ3n) is 5.11. The van der Waals surface area contributed by atoms with E-state index >= 15 is 0 Å². The van der Waals surface area contributed by atoms with Gasteiger partial charge in [-0.1, -0.05) is 30.3 Å². The number of benzene rings is 3. The van der Waals surface area contributed by atoms with Crippen molar-refractivity contribution in [3.05, 3.63) is 89.2 Å². The minimum atomic E-state index is -4.97. The van der Waals surface area contributed by atoms with Crippen LogP contribution < -0.4 is 14.8 Å². The molecule has 0 aliphatic rings. The van der Waals surface area contributed by atoms with E-state index in [1.165, 1.54) is 25.3 Å². The molecule has 3 rings (SSSR count). The Morgan fingerprint density at radius 2 is 1.71 bits per heavy atom. The number of amides is 1. The molecule has 0 aromatic heterocycles. The number of halogens is 4. The molecule has 0 aliphatic heterocycles. The van der Waals surface area contributed by atoms with Gasteiger partial charge in [-0.05, 0) is 60.9 Å². The van der Waals surface area contributed by atoms with Gasteiger partial charge < -0.3 is 10.1 Å². The Kier molecular flexibility index (Phi) is 7.81. The van der Waals surface area contributed by atoms with Crippen molar-refractivity contribution in [2.24, 2.45) is 0 Å². The lowest BCUT2D eigenvalue weighted by atomic mass is 10.1. The third kappa shape index (κ3) is 6.58. The SMILES string of the molecule is COc1ccc(S(=O)(=O)NC(Cc2ccccc2)C(=O)Nc2ccc(F)c(C(F)(F)F)c2)cc1C. The predicted molar refractivity (Wildman–Crippen MR) is 122 cm³/mol. The van der Waals surface area contributed by atoms with Gasteiger partial charge in [0.2, 0.25) is 15.9 Å². The van der Waals surface area contributed by atoms with Crippen LogP contribution in [0.15, 0.2) is 71.6 Å². The zero-order chi connectivity index (χ0) is 25.8. The van der Waals surface area contributed by atoms with E-state index in [0.717, 1.165) is 6.07 Å². The van der Waals surface area contributed by atoms with E-state index in [0.29, 0.717) is 29.0 Å². The molecule has 35 heavy (non-hydrogen) atoms. The lowest BCUT2D eigenvalue weighted by molar-refractivity contribution is -0.140. The normalized spacial score (nSPS) is 12.7. The van der Waals surface area contributed by atoms with Crippen molar-refractivity contribution in [2.45, 2.75) is 30.5 Å². The number of nitrogens with one attached hydrogen (secondary N) is 2. The van der Waals surface area contributed by atoms with E-state index in [-0.39, 0.29) is 17.0 Å². The highest BCUT2D eigenvalue weighted by molar-refractivity contribution is 7.89. The van der Waals surface area contributed by atoms with Crippen LogP contribution in [0.1, 0.15) is 16.7 Å². The maximum atomic E-state index is 13.6. The number of sulfonamides is 1. The van der Waals surface area contributed by atoms with Gasteiger partial charge in [0.1, 0.15) is 17.6 Å². The summed E-state index contributed by atoms with van der Waals surface area (Å²) in [4.78, 5) is 12.9. The fourth-order valence-corrected chi connectivity index (χ4v) is 4.64. The highest BCUT2D eigenvalue weighted by Crippen LogP contribution is 2.33. The molecule has 11 heteroatoms. The molecule has 0 heterocycles. The first-order chi connectivity index (χ1) is 16.4. The van der Waals surface area contributed by atoms with Gasteiger partial charge in [-0.2, -0.15) is 17.9 Å². The van der Waals surface area contributed by atoms with E-state index < -0.39 is 39.5 Å². The number of carbonyl (C=O) groups is 1. The van der Waals surface area contributed by atoms with Gasteiger partial charge in [-0.25, -0.2) is 12.8 Å². The molecule has 0 saturated heterocycles. The van der Waals surface area contributed by atoms with Crippen LogP contribution in [0.4, 0.5) is 23.2 Å². The summed E-state index contributed by atoms with van der Waals surface area (Å²) in [6, 6.07) is 13.2. The highest BCUT2D eigenvalue weighted by atomic mass is 32.2. The Balaban J connectivity index is 1.91. The van der Waals surface area contributed by atoms with Crippen LogP contribution in [-0.2, 0) is 27.4 Å². The Morgan fingerprint density at radius 1 is 1.03 bits per heavy atom. The molecule has 3 aromatic rings. The van der Waals surface area contributed by atoms with Crippen LogP contribution in [0.2, 0.25) is 0 Å². The second-order valence-corrected chi connectivity index (χ2v) is 9.39. The molecule has 0 bridgehead atoms. The number of ether oxygens (including phenoxy) is 1. The standard InChI is InChI=1S/C24H22F4N2O4S/c1-15-12-18(9-11-22(15)34-2)35(32,33)30-21(13-16-6-4-3-5-7-16)23(31)29-17-8-10-20(25)19(14-17)24(26,27)28/h3-12,14,21,30H,13H2,1-2H3,(H,29,31). The quantitative estimate of drug-likeness (QED) is 0.431. The number of hydrogen-bond donors (Lipinski definition) is 2. The molecule has 2 N–H and O–H groups in total. The molecule has 186 valence electrons. The summed E-state index contributed by atoms with van der Waals surface area (Å²) in [5.41, 5.74) is -0.729. The summed E-state index contributed by atoms with van der Waals surface area (Å²) >= 11 is 0. The van der Waals surface area contributed by atoms with Gasteiger partial charge >= 0.3 is 6.18 Å². The number of hydrogen-bond acceptors (Lipinski definition) is 4. The Labute approximate surface area is 200 Å². The number of alkyl halides is 3. The third-order valence-corrected chi connectivity index (χ3v) is 6.58. The topological polar surface area (TPSA) is 84.5 Å². The van der Waals surface area contributed by atoms with Crippen molar-refractivity contribution in [1.82, 2.24) is 4.72 Å². The Bertz CT molecular complexity index is 1310. The zero-order valence-electron chi connectivity index (χ0n) is 18.7. The number of anilines is 1. The van der Waals surface area contributed by atoms with Crippen LogP contribution in [0, 0.1) is 12.7 Å². The number of carbonyl (C=O) groups excluding carboxylic acids is 1. The Hall–Kier alpha value is -3.44. The minimum Gasteiger partial charge on any atom is -0.496 e. The lowest BCUT2D eigenvalue weighted by Crippen LogP contribution is -2.45. The first-order valence-corrected chi connectivity index (χ1v) is 11.8. The number of aryl methyl sites for hydroxylation is 1. The molecule has 0 radical (unpaired) electrons. The molecule has 6 nitrogen and oxygen atoms in total. The summed E-state index contributed by atoms with van der Waals surface area (Å²) in [5, 5.41) is 2.25. The first-order valence-electron chi connectivity index (χ1n) is 10.3. The van der Waals surface area contributed by atoms with E-state index in [1.807, 2.05) is 0 Å². The van der Waals surface area contributed by atoms with Crippen molar-refractivity contribution in [3.63, 3.8) is 0 Å². The van der Waals surface area contributed by atoms with E-state index in [4.69, 9.17) is 4.74 Å². The second-order valence-electron chi connectivity index (χ2n) is 7.68. The zero-order valence-corrected chi connectivity index (χ0v) is 19.5. The minimum absolute atomic E-state index is 0.0889. The highest BCUT2D eigenvalue weighted by Gasteiger charge is 2.34. The molecule has 0 spiro atoms. The summed E-state index contributed by atoms with van der Waals surface area (Å²) in [7, 11) is -2.77. The van der Waals surface area contributed by atoms with E-state index in [9.17, 15) is 30.8 Å². The molecular formula is C24H22F4N2O4S. The van der Waals surface area contributed by atoms with Crippen LogP contribution in [0.5, 0.6) is 5.75 Å². The van der Waals surface area contributed by atoms with Gasteiger partial charge in [-0.15, -0.1) is 0 Å². The van der Waals surface area contributed by atoms with Crippen molar-refractivity contribution in [1.29, 1.82) is 0 Å². The lowest BCUT2D eigenvalue weighted by Gasteiger charge is -2.20. The fourth-order valence-electron chi connectivity index (χ4n) is 3.36. The molecule has 0 fully saturated rings. The van der Waals surface area contributed by atoms with E-state index in [1.54, 1.807) is 37.3 Å². The van der Waals surface area contributed by atoms with Gasteiger partial charge in [0, 0.05) is 5.69 Å². The molecule has 1 atom stereocenters. The van der Waals surface area contributed by atoms with Crippen LogP contribution in [0.3, 0.4) is 0 Å². The van der Waals surface area contributed by atoms with Crippen LogP contribution in [0.25, 0.3) is 0 Å². The summed E-state index contributed by atoms with van der Waals surface area (Å²) in [5.74, 6) is -1.94. The van der Waals surface area contributed by atoms with Crippen LogP contribution in [-0.4, -0.2) is 27.5 Å². The second kappa shape index (κ2) is 10.4. The molecule has 1 amide bonds. The predicted octanol–water partition coefficient (Wildman–Crippen LogP) is 4.69. The van der Waals surface area contributed by atoms with Gasteiger partial charge in [-0.3, -0.25) is 4.79 Å². The number of methoxy groups -OCH3 is 1. The van der Waals surface area contributed by atoms with Crippen molar-refractivity contribution in [3.8, 4) is 5.75 Å². The summed E-state index contributed by atoms with van der Waals surface area (Å²) in [6.45, 7) is 1.65. The number of rotatable bonds is 8. The molecular weight excluding hydrogens is 488 g/mol. The average Bonchev–Trinajstić information content (AvgIpc) is 2.79. The Morgan fingerprint density at radius 3 is 2.31 bits per heavy atom. The van der Waals surface area contributed by atoms with E-state index in [2.05, 4.69) is 10.0 Å². The van der Waals surface area contributed by atoms with Crippen molar-refractivity contribution in [2.75, 3.05) is 12.4 Å². The van der Waals surface area contributed by atoms with Gasteiger partial charge in [0.25, 0.3) is 0 Å². The molecule has 1 unspecified atom stereocenters. The van der Waals surface area contributed by atoms with Crippen molar-refractivity contribution < 1.29 is 35.5 Å². The first kappa shape index (κ1) is 26.2. The molecule has 0 aliphatic carbocycles. The smallest absolute Gasteiger partial charge is 0.419 e. The fraction of sp³-hybridized carbons (Fsp3) is 0.208. The maximum Gasteiger partial charge on any atom is 0.419 e. The molecule has 0 saturated carbocycles. The average molecular weight is 511 g/mol. The maximum absolute atomic E-state index is 13.6. The van der Waals surface area contributed by atoms with Gasteiger partial charge in [0.05, 0.1) is 17.6 Å². The monoisotopic (exact) mass is 510 g/mol. The van der Waals surface area contributed by atoms with Crippen molar-refractivity contribution >= 4 is 21.6 Å². The summed E-state index contributed by atoms with van der Waals surface area (Å²) < 4.78 is 86.3. The van der Waals surface area contributed by atoms with Gasteiger partial charge in [0.15, 0.2) is 0 Å². The van der Waals surface area contributed by atoms with Crippen LogP contribution >= 0.6 is 0 Å². The molecule has 3 aromatic carbocycles. The largest absolute Gasteiger partial charge is 0.496 e.